The summed E-state index contributed by atoms with van der Waals surface area (Å²) in [7, 11) is 0. The van der Waals surface area contributed by atoms with Crippen molar-refractivity contribution < 1.29 is 0 Å². The summed E-state index contributed by atoms with van der Waals surface area (Å²) in [4.78, 5) is 8.17. The molecule has 0 radical (unpaired) electrons. The van der Waals surface area contributed by atoms with Crippen molar-refractivity contribution in [2.75, 3.05) is 18.4 Å². The molecule has 0 aliphatic heterocycles. The van der Waals surface area contributed by atoms with E-state index in [0.29, 0.717) is 16.4 Å². The van der Waals surface area contributed by atoms with Gasteiger partial charge in [-0.3, -0.25) is 0 Å². The van der Waals surface area contributed by atoms with Crippen molar-refractivity contribution in [2.45, 2.75) is 19.3 Å². The lowest BCUT2D eigenvalue weighted by Gasteiger charge is -2.14. The third kappa shape index (κ3) is 2.79. The number of nitrogens with one attached hydrogen (secondary N) is 1. The Morgan fingerprint density at radius 2 is 2.07 bits per heavy atom. The normalized spacial score (nSPS) is 17.5. The molecule has 82 valence electrons. The molecular weight excluding hydrogens is 212 g/mol. The molecule has 0 unspecified atom stereocenters. The van der Waals surface area contributed by atoms with Crippen molar-refractivity contribution in [2.24, 2.45) is 11.1 Å². The lowest BCUT2D eigenvalue weighted by atomic mass is 10.0. The first kappa shape index (κ1) is 10.6. The van der Waals surface area contributed by atoms with Crippen LogP contribution in [0.5, 0.6) is 0 Å². The van der Waals surface area contributed by atoms with E-state index < -0.39 is 0 Å². The lowest BCUT2D eigenvalue weighted by Crippen LogP contribution is -2.20. The third-order valence-electron chi connectivity index (χ3n) is 2.87. The highest BCUT2D eigenvalue weighted by Gasteiger charge is 2.41. The van der Waals surface area contributed by atoms with E-state index in [-0.39, 0.29) is 0 Å². The van der Waals surface area contributed by atoms with Crippen LogP contribution in [0.15, 0.2) is 12.4 Å². The third-order valence-corrected chi connectivity index (χ3v) is 3.07. The maximum absolute atomic E-state index is 5.69. The van der Waals surface area contributed by atoms with Gasteiger partial charge in [0.15, 0.2) is 0 Å². The summed E-state index contributed by atoms with van der Waals surface area (Å²) in [6, 6.07) is 0. The van der Waals surface area contributed by atoms with Crippen LogP contribution in [0.25, 0.3) is 0 Å². The lowest BCUT2D eigenvalue weighted by molar-refractivity contribution is 0.500. The zero-order chi connectivity index (χ0) is 10.7. The summed E-state index contributed by atoms with van der Waals surface area (Å²) < 4.78 is 0. The van der Waals surface area contributed by atoms with Gasteiger partial charge in [-0.2, -0.15) is 0 Å². The Kier molecular flexibility index (Phi) is 3.07. The van der Waals surface area contributed by atoms with E-state index in [9.17, 15) is 0 Å². The van der Waals surface area contributed by atoms with E-state index >= 15 is 0 Å². The van der Waals surface area contributed by atoms with Crippen LogP contribution in [0.2, 0.25) is 5.02 Å². The van der Waals surface area contributed by atoms with Crippen LogP contribution in [0.1, 0.15) is 19.3 Å². The van der Waals surface area contributed by atoms with Gasteiger partial charge in [0.05, 0.1) is 17.4 Å². The molecule has 0 spiro atoms. The highest BCUT2D eigenvalue weighted by Crippen LogP contribution is 2.48. The fourth-order valence-corrected chi connectivity index (χ4v) is 1.77. The molecule has 2 rings (SSSR count). The van der Waals surface area contributed by atoms with Gasteiger partial charge in [0.25, 0.3) is 0 Å². The van der Waals surface area contributed by atoms with Crippen molar-refractivity contribution in [1.82, 2.24) is 9.97 Å². The first-order valence-electron chi connectivity index (χ1n) is 5.16. The molecule has 1 saturated carbocycles. The van der Waals surface area contributed by atoms with Crippen LogP contribution in [-0.4, -0.2) is 23.1 Å². The number of halogens is 1. The van der Waals surface area contributed by atoms with E-state index in [2.05, 4.69) is 15.3 Å². The van der Waals surface area contributed by atoms with E-state index in [1.165, 1.54) is 12.8 Å². The fourth-order valence-electron chi connectivity index (χ4n) is 1.67. The maximum Gasteiger partial charge on any atom is 0.222 e. The molecule has 5 heteroatoms. The number of anilines is 1. The molecule has 0 atom stereocenters. The zero-order valence-electron chi connectivity index (χ0n) is 8.54. The average molecular weight is 227 g/mol. The topological polar surface area (TPSA) is 63.8 Å². The molecule has 0 amide bonds. The molecule has 15 heavy (non-hydrogen) atoms. The summed E-state index contributed by atoms with van der Waals surface area (Å²) in [5.41, 5.74) is 5.97. The molecule has 1 aliphatic carbocycles. The first-order valence-corrected chi connectivity index (χ1v) is 5.53. The summed E-state index contributed by atoms with van der Waals surface area (Å²) in [6.07, 6.45) is 6.78. The van der Waals surface area contributed by atoms with Gasteiger partial charge in [-0.15, -0.1) is 0 Å². The minimum atomic E-state index is 0.401. The number of nitrogens with zero attached hydrogens (tertiary/aromatic N) is 2. The number of rotatable bonds is 5. The Morgan fingerprint density at radius 3 is 2.60 bits per heavy atom. The minimum absolute atomic E-state index is 0.401. The van der Waals surface area contributed by atoms with Crippen LogP contribution < -0.4 is 11.1 Å². The molecule has 1 aromatic heterocycles. The molecular formula is C10H15ClN4. The van der Waals surface area contributed by atoms with Gasteiger partial charge < -0.3 is 11.1 Å². The monoisotopic (exact) mass is 226 g/mol. The molecule has 1 aliphatic rings. The molecule has 0 bridgehead atoms. The fraction of sp³-hybridized carbons (Fsp3) is 0.600. The van der Waals surface area contributed by atoms with Crippen molar-refractivity contribution in [3.05, 3.63) is 17.4 Å². The average Bonchev–Trinajstić information content (AvgIpc) is 2.99. The van der Waals surface area contributed by atoms with E-state index in [4.69, 9.17) is 17.3 Å². The van der Waals surface area contributed by atoms with E-state index in [0.717, 1.165) is 19.5 Å². The van der Waals surface area contributed by atoms with Gasteiger partial charge in [0.2, 0.25) is 5.95 Å². The van der Waals surface area contributed by atoms with Crippen LogP contribution in [0.3, 0.4) is 0 Å². The first-order chi connectivity index (χ1) is 7.24. The number of aromatic nitrogens is 2. The molecule has 3 N–H and O–H groups in total. The van der Waals surface area contributed by atoms with Gasteiger partial charge in [-0.25, -0.2) is 9.97 Å². The van der Waals surface area contributed by atoms with E-state index in [1.54, 1.807) is 12.4 Å². The van der Waals surface area contributed by atoms with Crippen molar-refractivity contribution in [1.29, 1.82) is 0 Å². The minimum Gasteiger partial charge on any atom is -0.354 e. The quantitative estimate of drug-likeness (QED) is 0.802. The van der Waals surface area contributed by atoms with Crippen LogP contribution in [0.4, 0.5) is 5.95 Å². The van der Waals surface area contributed by atoms with Gasteiger partial charge in [-0.05, 0) is 31.2 Å². The van der Waals surface area contributed by atoms with Gasteiger partial charge in [0.1, 0.15) is 0 Å². The molecule has 1 heterocycles. The highest BCUT2D eigenvalue weighted by atomic mass is 35.5. The smallest absolute Gasteiger partial charge is 0.222 e. The Hall–Kier alpha value is -0.870. The van der Waals surface area contributed by atoms with Crippen LogP contribution in [0, 0.1) is 5.41 Å². The molecule has 1 fully saturated rings. The standard InChI is InChI=1S/C10H15ClN4/c11-8-5-13-9(14-6-8)15-7-10(1-2-10)3-4-12/h5-6H,1-4,7,12H2,(H,13,14,15). The molecule has 4 nitrogen and oxygen atoms in total. The Balaban J connectivity index is 1.85. The van der Waals surface area contributed by atoms with Crippen molar-refractivity contribution in [3.8, 4) is 0 Å². The molecule has 0 saturated heterocycles. The predicted molar refractivity (Wildman–Crippen MR) is 60.9 cm³/mol. The maximum atomic E-state index is 5.69. The molecule has 1 aromatic rings. The van der Waals surface area contributed by atoms with E-state index in [1.807, 2.05) is 0 Å². The second-order valence-corrected chi connectivity index (χ2v) is 4.55. The predicted octanol–water partition coefficient (Wildman–Crippen LogP) is 1.67. The second-order valence-electron chi connectivity index (χ2n) is 4.12. The second kappa shape index (κ2) is 4.33. The summed E-state index contributed by atoms with van der Waals surface area (Å²) >= 11 is 5.69. The Bertz CT molecular complexity index is 321. The van der Waals surface area contributed by atoms with Crippen LogP contribution in [-0.2, 0) is 0 Å². The Morgan fingerprint density at radius 1 is 1.40 bits per heavy atom. The number of nitrogens with two attached hydrogens (primary N) is 1. The largest absolute Gasteiger partial charge is 0.354 e. The van der Waals surface area contributed by atoms with Gasteiger partial charge >= 0.3 is 0 Å². The number of hydrogen-bond donors (Lipinski definition) is 2. The zero-order valence-corrected chi connectivity index (χ0v) is 9.30. The van der Waals surface area contributed by atoms with Gasteiger partial charge in [0, 0.05) is 6.54 Å². The molecule has 0 aromatic carbocycles. The van der Waals surface area contributed by atoms with Crippen molar-refractivity contribution in [3.63, 3.8) is 0 Å². The summed E-state index contributed by atoms with van der Waals surface area (Å²) in [5, 5.41) is 3.78. The van der Waals surface area contributed by atoms with Crippen molar-refractivity contribution >= 4 is 17.5 Å². The van der Waals surface area contributed by atoms with Crippen LogP contribution >= 0.6 is 11.6 Å². The summed E-state index contributed by atoms with van der Waals surface area (Å²) in [6.45, 7) is 1.66. The van der Waals surface area contributed by atoms with Gasteiger partial charge in [-0.1, -0.05) is 11.6 Å². The number of hydrogen-bond acceptors (Lipinski definition) is 4. The SMILES string of the molecule is NCCC1(CNc2ncc(Cl)cn2)CC1. The summed E-state index contributed by atoms with van der Waals surface area (Å²) in [5.74, 6) is 0.641. The highest BCUT2D eigenvalue weighted by molar-refractivity contribution is 6.30. The Labute approximate surface area is 94.2 Å².